The highest BCUT2D eigenvalue weighted by Crippen LogP contribution is 2.19. The molecule has 0 aliphatic heterocycles. The lowest BCUT2D eigenvalue weighted by molar-refractivity contribution is 0.0993. The van der Waals surface area contributed by atoms with Gasteiger partial charge in [-0.15, -0.1) is 11.3 Å². The Morgan fingerprint density at radius 1 is 1.43 bits per heavy atom. The van der Waals surface area contributed by atoms with Gasteiger partial charge in [0.15, 0.2) is 11.4 Å². The van der Waals surface area contributed by atoms with Crippen LogP contribution < -0.4 is 9.54 Å². The van der Waals surface area contributed by atoms with Crippen molar-refractivity contribution in [1.82, 2.24) is 14.7 Å². The van der Waals surface area contributed by atoms with E-state index in [1.165, 1.54) is 11.3 Å². The zero-order valence-corrected chi connectivity index (χ0v) is 13.4. The minimum atomic E-state index is -0.358. The summed E-state index contributed by atoms with van der Waals surface area (Å²) in [7, 11) is 1.84. The van der Waals surface area contributed by atoms with E-state index in [2.05, 4.69) is 15.1 Å². The number of nitrogens with zero attached hydrogens (tertiary/aromatic N) is 4. The minimum absolute atomic E-state index is 0.119. The van der Waals surface area contributed by atoms with Crippen LogP contribution in [0, 0.1) is 6.92 Å². The summed E-state index contributed by atoms with van der Waals surface area (Å²) in [6, 6.07) is 6.95. The largest absolute Gasteiger partial charge is 0.485 e. The van der Waals surface area contributed by atoms with Crippen molar-refractivity contribution in [2.75, 3.05) is 0 Å². The standard InChI is InChI=1S/C15H14N4O3S/c1-10-16-13(18-22-10)9-21-12-6-4-3-5-11(12)14(20)17-15-19(2)7-8-23-15/h3-8H,9H2,1-2H3. The molecule has 0 spiro atoms. The second kappa shape index (κ2) is 6.57. The van der Waals surface area contributed by atoms with Crippen LogP contribution in [-0.4, -0.2) is 20.6 Å². The molecule has 118 valence electrons. The van der Waals surface area contributed by atoms with Gasteiger partial charge in [-0.2, -0.15) is 9.98 Å². The number of rotatable bonds is 4. The fourth-order valence-electron chi connectivity index (χ4n) is 1.89. The summed E-state index contributed by atoms with van der Waals surface area (Å²) < 4.78 is 12.3. The molecule has 0 atom stereocenters. The Bertz CT molecular complexity index is 894. The van der Waals surface area contributed by atoms with Gasteiger partial charge in [0, 0.05) is 25.5 Å². The van der Waals surface area contributed by atoms with Gasteiger partial charge < -0.3 is 13.8 Å². The maximum absolute atomic E-state index is 12.4. The second-order valence-electron chi connectivity index (χ2n) is 4.73. The SMILES string of the molecule is Cc1nc(COc2ccccc2C(=O)N=c2sccn2C)no1. The van der Waals surface area contributed by atoms with Crippen LogP contribution in [-0.2, 0) is 13.7 Å². The summed E-state index contributed by atoms with van der Waals surface area (Å²) >= 11 is 1.39. The van der Waals surface area contributed by atoms with Crippen molar-refractivity contribution in [3.63, 3.8) is 0 Å². The van der Waals surface area contributed by atoms with E-state index >= 15 is 0 Å². The van der Waals surface area contributed by atoms with Crippen LogP contribution in [0.2, 0.25) is 0 Å². The van der Waals surface area contributed by atoms with E-state index in [-0.39, 0.29) is 12.5 Å². The molecule has 0 aliphatic rings. The van der Waals surface area contributed by atoms with Crippen molar-refractivity contribution in [2.45, 2.75) is 13.5 Å². The predicted molar refractivity (Wildman–Crippen MR) is 83.0 cm³/mol. The molecule has 7 nitrogen and oxygen atoms in total. The summed E-state index contributed by atoms with van der Waals surface area (Å²) in [6.07, 6.45) is 1.84. The average molecular weight is 330 g/mol. The number of carbonyl (C=O) groups is 1. The molecule has 1 amide bonds. The Labute approximate surface area is 135 Å². The first kappa shape index (κ1) is 15.2. The Balaban J connectivity index is 1.83. The van der Waals surface area contributed by atoms with Crippen molar-refractivity contribution >= 4 is 17.2 Å². The first-order valence-corrected chi connectivity index (χ1v) is 7.71. The van der Waals surface area contributed by atoms with Crippen LogP contribution in [0.5, 0.6) is 5.75 Å². The summed E-state index contributed by atoms with van der Waals surface area (Å²) in [6.45, 7) is 1.82. The summed E-state index contributed by atoms with van der Waals surface area (Å²) in [5, 5.41) is 5.62. The van der Waals surface area contributed by atoms with Crippen molar-refractivity contribution in [3.8, 4) is 5.75 Å². The van der Waals surface area contributed by atoms with Gasteiger partial charge in [0.1, 0.15) is 5.75 Å². The molecule has 0 aliphatic carbocycles. The van der Waals surface area contributed by atoms with E-state index in [1.54, 1.807) is 35.8 Å². The highest BCUT2D eigenvalue weighted by molar-refractivity contribution is 7.07. The fourth-order valence-corrected chi connectivity index (χ4v) is 2.62. The van der Waals surface area contributed by atoms with Crippen LogP contribution >= 0.6 is 11.3 Å². The Hall–Kier alpha value is -2.74. The van der Waals surface area contributed by atoms with Crippen molar-refractivity contribution < 1.29 is 14.1 Å². The van der Waals surface area contributed by atoms with E-state index < -0.39 is 0 Å². The van der Waals surface area contributed by atoms with Gasteiger partial charge in [0.05, 0.1) is 5.56 Å². The van der Waals surface area contributed by atoms with E-state index in [4.69, 9.17) is 9.26 Å². The molecule has 3 rings (SSSR count). The number of aromatic nitrogens is 3. The molecular formula is C15H14N4O3S. The van der Waals surface area contributed by atoms with Crippen molar-refractivity contribution in [1.29, 1.82) is 0 Å². The molecule has 0 radical (unpaired) electrons. The number of ether oxygens (including phenoxy) is 1. The Kier molecular flexibility index (Phi) is 4.33. The number of amides is 1. The topological polar surface area (TPSA) is 82.5 Å². The van der Waals surface area contributed by atoms with Gasteiger partial charge in [-0.1, -0.05) is 17.3 Å². The molecule has 2 aromatic heterocycles. The van der Waals surface area contributed by atoms with Crippen LogP contribution in [0.4, 0.5) is 0 Å². The van der Waals surface area contributed by atoms with Gasteiger partial charge in [0.2, 0.25) is 11.7 Å². The first-order valence-electron chi connectivity index (χ1n) is 6.83. The number of para-hydroxylation sites is 1. The molecule has 0 saturated heterocycles. The molecular weight excluding hydrogens is 316 g/mol. The fraction of sp³-hybridized carbons (Fsp3) is 0.200. The number of thiazole rings is 1. The van der Waals surface area contributed by atoms with Gasteiger partial charge in [-0.25, -0.2) is 0 Å². The molecule has 8 heteroatoms. The number of benzene rings is 1. The number of hydrogen-bond acceptors (Lipinski definition) is 6. The number of aryl methyl sites for hydroxylation is 2. The van der Waals surface area contributed by atoms with E-state index in [9.17, 15) is 4.79 Å². The number of hydrogen-bond donors (Lipinski definition) is 0. The summed E-state index contributed by atoms with van der Waals surface area (Å²) in [5.74, 6) is 0.963. The molecule has 0 fully saturated rings. The molecule has 0 unspecified atom stereocenters. The molecule has 3 aromatic rings. The van der Waals surface area contributed by atoms with Gasteiger partial charge >= 0.3 is 0 Å². The van der Waals surface area contributed by atoms with E-state index in [0.717, 1.165) is 0 Å². The van der Waals surface area contributed by atoms with E-state index in [1.807, 2.05) is 18.6 Å². The maximum atomic E-state index is 12.4. The van der Waals surface area contributed by atoms with Crippen molar-refractivity contribution in [2.24, 2.45) is 12.0 Å². The molecule has 0 N–H and O–H groups in total. The van der Waals surface area contributed by atoms with Gasteiger partial charge in [-0.05, 0) is 12.1 Å². The highest BCUT2D eigenvalue weighted by atomic mass is 32.1. The lowest BCUT2D eigenvalue weighted by Gasteiger charge is -2.07. The lowest BCUT2D eigenvalue weighted by atomic mass is 10.2. The van der Waals surface area contributed by atoms with Crippen LogP contribution in [0.1, 0.15) is 22.1 Å². The quantitative estimate of drug-likeness (QED) is 0.731. The van der Waals surface area contributed by atoms with Gasteiger partial charge in [-0.3, -0.25) is 4.79 Å². The smallest absolute Gasteiger partial charge is 0.283 e. The van der Waals surface area contributed by atoms with Crippen LogP contribution in [0.15, 0.2) is 45.4 Å². The second-order valence-corrected chi connectivity index (χ2v) is 5.60. The van der Waals surface area contributed by atoms with Crippen LogP contribution in [0.25, 0.3) is 0 Å². The average Bonchev–Trinajstić information content (AvgIpc) is 3.14. The summed E-state index contributed by atoms with van der Waals surface area (Å²) in [4.78, 5) is 21.2. The molecule has 2 heterocycles. The molecule has 0 saturated carbocycles. The van der Waals surface area contributed by atoms with Crippen molar-refractivity contribution in [3.05, 3.63) is 57.9 Å². The highest BCUT2D eigenvalue weighted by Gasteiger charge is 2.13. The zero-order valence-electron chi connectivity index (χ0n) is 12.6. The normalized spacial score (nSPS) is 11.7. The summed E-state index contributed by atoms with van der Waals surface area (Å²) in [5.41, 5.74) is 0.390. The van der Waals surface area contributed by atoms with Gasteiger partial charge in [0.25, 0.3) is 5.91 Å². The number of carbonyl (C=O) groups excluding carboxylic acids is 1. The minimum Gasteiger partial charge on any atom is -0.485 e. The van der Waals surface area contributed by atoms with Crippen LogP contribution in [0.3, 0.4) is 0 Å². The first-order chi connectivity index (χ1) is 11.1. The Morgan fingerprint density at radius 3 is 2.96 bits per heavy atom. The zero-order chi connectivity index (χ0) is 16.2. The Morgan fingerprint density at radius 2 is 2.26 bits per heavy atom. The maximum Gasteiger partial charge on any atom is 0.283 e. The predicted octanol–water partition coefficient (Wildman–Crippen LogP) is 2.10. The molecule has 0 bridgehead atoms. The van der Waals surface area contributed by atoms with E-state index in [0.29, 0.717) is 27.8 Å². The molecule has 1 aromatic carbocycles. The monoisotopic (exact) mass is 330 g/mol. The third kappa shape index (κ3) is 3.54. The third-order valence-electron chi connectivity index (χ3n) is 3.00. The third-order valence-corrected chi connectivity index (χ3v) is 3.85. The lowest BCUT2D eigenvalue weighted by Crippen LogP contribution is -2.13. The molecule has 23 heavy (non-hydrogen) atoms.